The highest BCUT2D eigenvalue weighted by Gasteiger charge is 2.26. The van der Waals surface area contributed by atoms with Crippen molar-refractivity contribution in [1.29, 1.82) is 0 Å². The highest BCUT2D eigenvalue weighted by atomic mass is 32.2. The molecule has 0 atom stereocenters. The average Bonchev–Trinajstić information content (AvgIpc) is 2.47. The Morgan fingerprint density at radius 2 is 1.93 bits per heavy atom. The second-order valence-electron chi connectivity index (χ2n) is 3.77. The van der Waals surface area contributed by atoms with Crippen molar-refractivity contribution in [2.45, 2.75) is 32.1 Å². The summed E-state index contributed by atoms with van der Waals surface area (Å²) in [5, 5.41) is 2.03. The van der Waals surface area contributed by atoms with E-state index in [1.165, 1.54) is 19.3 Å². The van der Waals surface area contributed by atoms with Crippen molar-refractivity contribution in [1.82, 2.24) is 5.32 Å². The SMILES string of the molecule is O=C1NC(=O)C(=CC2CCCCC2)S1. The first kappa shape index (κ1) is 9.77. The van der Waals surface area contributed by atoms with Gasteiger partial charge >= 0.3 is 0 Å². The Kier molecular flexibility index (Phi) is 2.91. The molecule has 1 saturated carbocycles. The number of hydrogen-bond donors (Lipinski definition) is 1. The molecule has 76 valence electrons. The Morgan fingerprint density at radius 3 is 2.50 bits per heavy atom. The van der Waals surface area contributed by atoms with Gasteiger partial charge in [-0.05, 0) is 30.5 Å². The van der Waals surface area contributed by atoms with Crippen LogP contribution < -0.4 is 5.32 Å². The molecule has 0 unspecified atom stereocenters. The molecule has 2 fully saturated rings. The maximum Gasteiger partial charge on any atom is 0.290 e. The fourth-order valence-corrected chi connectivity index (χ4v) is 2.70. The number of rotatable bonds is 1. The number of thioether (sulfide) groups is 1. The first-order valence-electron chi connectivity index (χ1n) is 5.01. The summed E-state index contributed by atoms with van der Waals surface area (Å²) < 4.78 is 0. The van der Waals surface area contributed by atoms with Gasteiger partial charge in [-0.25, -0.2) is 0 Å². The molecule has 1 saturated heterocycles. The van der Waals surface area contributed by atoms with Crippen LogP contribution in [0.3, 0.4) is 0 Å². The predicted octanol–water partition coefficient (Wildman–Crippen LogP) is 2.43. The fraction of sp³-hybridized carbons (Fsp3) is 0.600. The summed E-state index contributed by atoms with van der Waals surface area (Å²) in [7, 11) is 0. The van der Waals surface area contributed by atoms with E-state index in [9.17, 15) is 9.59 Å². The van der Waals surface area contributed by atoms with Gasteiger partial charge in [-0.2, -0.15) is 0 Å². The Labute approximate surface area is 87.3 Å². The lowest BCUT2D eigenvalue weighted by molar-refractivity contribution is -0.115. The number of allylic oxidation sites excluding steroid dienone is 1. The van der Waals surface area contributed by atoms with Crippen LogP contribution in [-0.4, -0.2) is 11.1 Å². The first-order chi connectivity index (χ1) is 6.75. The summed E-state index contributed by atoms with van der Waals surface area (Å²) in [5.41, 5.74) is 0. The fourth-order valence-electron chi connectivity index (χ4n) is 1.95. The quantitative estimate of drug-likeness (QED) is 0.677. The van der Waals surface area contributed by atoms with Crippen LogP contribution >= 0.6 is 11.8 Å². The van der Waals surface area contributed by atoms with E-state index in [1.54, 1.807) is 0 Å². The molecule has 0 aromatic rings. The molecule has 2 rings (SSSR count). The molecule has 1 N–H and O–H groups in total. The van der Waals surface area contributed by atoms with E-state index in [2.05, 4.69) is 5.32 Å². The molecule has 0 radical (unpaired) electrons. The lowest BCUT2D eigenvalue weighted by Crippen LogP contribution is -2.18. The summed E-state index contributed by atoms with van der Waals surface area (Å²) in [4.78, 5) is 22.7. The van der Waals surface area contributed by atoms with Crippen LogP contribution in [0.15, 0.2) is 11.0 Å². The zero-order chi connectivity index (χ0) is 9.97. The van der Waals surface area contributed by atoms with Gasteiger partial charge in [-0.15, -0.1) is 0 Å². The van der Waals surface area contributed by atoms with E-state index in [1.807, 2.05) is 6.08 Å². The number of carbonyl (C=O) groups is 2. The van der Waals surface area contributed by atoms with Crippen LogP contribution in [0, 0.1) is 5.92 Å². The number of carbonyl (C=O) groups excluding carboxylic acids is 2. The number of hydrogen-bond acceptors (Lipinski definition) is 3. The second kappa shape index (κ2) is 4.17. The lowest BCUT2D eigenvalue weighted by Gasteiger charge is -2.17. The summed E-state index contributed by atoms with van der Waals surface area (Å²) in [5.74, 6) is 0.286. The molecule has 2 amide bonds. The van der Waals surface area contributed by atoms with Crippen LogP contribution in [0.1, 0.15) is 32.1 Å². The molecule has 1 aliphatic heterocycles. The van der Waals surface area contributed by atoms with E-state index in [0.717, 1.165) is 24.6 Å². The van der Waals surface area contributed by atoms with E-state index in [4.69, 9.17) is 0 Å². The molecule has 4 heteroatoms. The monoisotopic (exact) mass is 211 g/mol. The van der Waals surface area contributed by atoms with Gasteiger partial charge in [0.15, 0.2) is 0 Å². The van der Waals surface area contributed by atoms with Gasteiger partial charge in [0.2, 0.25) is 0 Å². The minimum absolute atomic E-state index is 0.217. The third-order valence-corrected chi connectivity index (χ3v) is 3.51. The number of nitrogens with one attached hydrogen (secondary N) is 1. The summed E-state index contributed by atoms with van der Waals surface area (Å²) in [6.07, 6.45) is 8.09. The standard InChI is InChI=1S/C10H13NO2S/c12-9-8(14-10(13)11-9)6-7-4-2-1-3-5-7/h6-7H,1-5H2,(H,11,12,13). The number of amides is 2. The van der Waals surface area contributed by atoms with E-state index >= 15 is 0 Å². The smallest absolute Gasteiger partial charge is 0.282 e. The zero-order valence-electron chi connectivity index (χ0n) is 7.91. The van der Waals surface area contributed by atoms with Crippen molar-refractivity contribution < 1.29 is 9.59 Å². The van der Waals surface area contributed by atoms with Crippen LogP contribution in [0.4, 0.5) is 4.79 Å². The van der Waals surface area contributed by atoms with E-state index in [-0.39, 0.29) is 11.1 Å². The van der Waals surface area contributed by atoms with Crippen LogP contribution in [0.25, 0.3) is 0 Å². The molecule has 0 aromatic carbocycles. The summed E-state index contributed by atoms with van der Waals surface area (Å²) in [6, 6.07) is 0. The third kappa shape index (κ3) is 2.18. The van der Waals surface area contributed by atoms with Gasteiger partial charge in [0.25, 0.3) is 11.1 Å². The molecular formula is C10H13NO2S. The molecular weight excluding hydrogens is 198 g/mol. The van der Waals surface area contributed by atoms with Crippen molar-refractivity contribution in [3.63, 3.8) is 0 Å². The molecule has 1 aliphatic carbocycles. The molecule has 0 aromatic heterocycles. The minimum Gasteiger partial charge on any atom is -0.282 e. The van der Waals surface area contributed by atoms with Crippen LogP contribution in [-0.2, 0) is 4.79 Å². The van der Waals surface area contributed by atoms with Gasteiger partial charge in [0.1, 0.15) is 0 Å². The van der Waals surface area contributed by atoms with Crippen molar-refractivity contribution in [2.75, 3.05) is 0 Å². The van der Waals surface area contributed by atoms with Crippen LogP contribution in [0.2, 0.25) is 0 Å². The Hall–Kier alpha value is -0.770. The molecule has 3 nitrogen and oxygen atoms in total. The highest BCUT2D eigenvalue weighted by Crippen LogP contribution is 2.30. The average molecular weight is 211 g/mol. The highest BCUT2D eigenvalue weighted by molar-refractivity contribution is 8.18. The normalized spacial score (nSPS) is 27.0. The van der Waals surface area contributed by atoms with Crippen LogP contribution in [0.5, 0.6) is 0 Å². The van der Waals surface area contributed by atoms with Gasteiger partial charge in [-0.1, -0.05) is 25.3 Å². The lowest BCUT2D eigenvalue weighted by atomic mass is 9.89. The summed E-state index contributed by atoms with van der Waals surface area (Å²) in [6.45, 7) is 0. The van der Waals surface area contributed by atoms with Gasteiger partial charge < -0.3 is 0 Å². The zero-order valence-corrected chi connectivity index (χ0v) is 8.73. The second-order valence-corrected chi connectivity index (χ2v) is 4.79. The molecule has 1 heterocycles. The minimum atomic E-state index is -0.239. The van der Waals surface area contributed by atoms with Crippen molar-refractivity contribution >= 4 is 22.9 Å². The van der Waals surface area contributed by atoms with Gasteiger partial charge in [0, 0.05) is 0 Å². The topological polar surface area (TPSA) is 46.2 Å². The Balaban J connectivity index is 2.02. The van der Waals surface area contributed by atoms with E-state index < -0.39 is 0 Å². The van der Waals surface area contributed by atoms with Crippen molar-refractivity contribution in [2.24, 2.45) is 5.92 Å². The number of imide groups is 1. The van der Waals surface area contributed by atoms with Gasteiger partial charge in [-0.3, -0.25) is 14.9 Å². The molecule has 0 spiro atoms. The molecule has 0 bridgehead atoms. The largest absolute Gasteiger partial charge is 0.290 e. The maximum absolute atomic E-state index is 11.2. The first-order valence-corrected chi connectivity index (χ1v) is 5.82. The molecule has 2 aliphatic rings. The Morgan fingerprint density at radius 1 is 1.21 bits per heavy atom. The summed E-state index contributed by atoms with van der Waals surface area (Å²) >= 11 is 1.03. The van der Waals surface area contributed by atoms with Crippen molar-refractivity contribution in [3.8, 4) is 0 Å². The van der Waals surface area contributed by atoms with Gasteiger partial charge in [0.05, 0.1) is 4.91 Å². The Bertz CT molecular complexity index is 292. The van der Waals surface area contributed by atoms with E-state index in [0.29, 0.717) is 10.8 Å². The predicted molar refractivity (Wildman–Crippen MR) is 55.8 cm³/mol. The maximum atomic E-state index is 11.2. The molecule has 14 heavy (non-hydrogen) atoms. The van der Waals surface area contributed by atoms with Crippen molar-refractivity contribution in [3.05, 3.63) is 11.0 Å². The third-order valence-electron chi connectivity index (χ3n) is 2.68.